The molecule has 3 N–H and O–H groups in total. The summed E-state index contributed by atoms with van der Waals surface area (Å²) in [5.74, 6) is 0.276. The Balaban J connectivity index is 2.45. The summed E-state index contributed by atoms with van der Waals surface area (Å²) in [5, 5.41) is 10.6. The summed E-state index contributed by atoms with van der Waals surface area (Å²) in [6, 6.07) is 6.31. The van der Waals surface area contributed by atoms with Gasteiger partial charge in [0.1, 0.15) is 0 Å². The van der Waals surface area contributed by atoms with Gasteiger partial charge in [-0.1, -0.05) is 30.7 Å². The van der Waals surface area contributed by atoms with Crippen LogP contribution in [0.25, 0.3) is 0 Å². The molecule has 82 valence electrons. The highest BCUT2D eigenvalue weighted by atomic mass is 16.3. The lowest BCUT2D eigenvalue weighted by molar-refractivity contribution is -0.0101. The average molecular weight is 205 g/mol. The maximum Gasteiger partial charge on any atom is 0.0939 e. The third-order valence-electron chi connectivity index (χ3n) is 3.59. The van der Waals surface area contributed by atoms with E-state index in [4.69, 9.17) is 5.73 Å². The van der Waals surface area contributed by atoms with E-state index in [0.29, 0.717) is 13.0 Å². The molecule has 1 aliphatic carbocycles. The minimum Gasteiger partial charge on any atom is -0.385 e. The molecular weight excluding hydrogens is 186 g/mol. The molecule has 0 amide bonds. The first kappa shape index (κ1) is 10.7. The van der Waals surface area contributed by atoms with Gasteiger partial charge in [-0.25, -0.2) is 0 Å². The lowest BCUT2D eigenvalue weighted by Crippen LogP contribution is -2.32. The highest BCUT2D eigenvalue weighted by molar-refractivity contribution is 5.40. The standard InChI is InChI=1S/C13H19NO/c1-9-3-4-12-11(7-9)8-10(2)13(12,15)5-6-14/h3-4,7,10,15H,5-6,8,14H2,1-2H3. The van der Waals surface area contributed by atoms with Crippen LogP contribution in [0.1, 0.15) is 30.0 Å². The van der Waals surface area contributed by atoms with Gasteiger partial charge in [0.15, 0.2) is 0 Å². The molecule has 0 aliphatic heterocycles. The quantitative estimate of drug-likeness (QED) is 0.772. The normalized spacial score (nSPS) is 29.2. The molecule has 1 aliphatic rings. The Morgan fingerprint density at radius 1 is 1.53 bits per heavy atom. The lowest BCUT2D eigenvalue weighted by Gasteiger charge is -2.28. The smallest absolute Gasteiger partial charge is 0.0939 e. The third kappa shape index (κ3) is 1.58. The highest BCUT2D eigenvalue weighted by Crippen LogP contribution is 2.43. The molecule has 2 heteroatoms. The van der Waals surface area contributed by atoms with E-state index in [1.54, 1.807) is 0 Å². The van der Waals surface area contributed by atoms with Crippen LogP contribution >= 0.6 is 0 Å². The predicted molar refractivity (Wildman–Crippen MR) is 61.6 cm³/mol. The van der Waals surface area contributed by atoms with Crippen LogP contribution in [0.3, 0.4) is 0 Å². The molecule has 0 aromatic heterocycles. The van der Waals surface area contributed by atoms with Crippen molar-refractivity contribution >= 4 is 0 Å². The first-order chi connectivity index (χ1) is 7.08. The van der Waals surface area contributed by atoms with E-state index in [9.17, 15) is 5.11 Å². The van der Waals surface area contributed by atoms with Crippen molar-refractivity contribution in [3.8, 4) is 0 Å². The third-order valence-corrected chi connectivity index (χ3v) is 3.59. The molecule has 2 nitrogen and oxygen atoms in total. The lowest BCUT2D eigenvalue weighted by atomic mass is 9.85. The van der Waals surface area contributed by atoms with E-state index >= 15 is 0 Å². The molecule has 0 bridgehead atoms. The number of benzene rings is 1. The van der Waals surface area contributed by atoms with Gasteiger partial charge in [0, 0.05) is 0 Å². The number of rotatable bonds is 2. The van der Waals surface area contributed by atoms with Crippen molar-refractivity contribution in [3.05, 3.63) is 34.9 Å². The SMILES string of the molecule is Cc1ccc2c(c1)CC(C)C2(O)CCN. The fraction of sp³-hybridized carbons (Fsp3) is 0.538. The van der Waals surface area contributed by atoms with Gasteiger partial charge in [0.05, 0.1) is 5.60 Å². The average Bonchev–Trinajstić information content (AvgIpc) is 2.39. The summed E-state index contributed by atoms with van der Waals surface area (Å²) in [7, 11) is 0. The van der Waals surface area contributed by atoms with Crippen molar-refractivity contribution in [1.29, 1.82) is 0 Å². The second-order valence-corrected chi connectivity index (χ2v) is 4.73. The topological polar surface area (TPSA) is 46.2 Å². The van der Waals surface area contributed by atoms with Crippen LogP contribution in [0.4, 0.5) is 0 Å². The molecule has 1 aromatic carbocycles. The number of aliphatic hydroxyl groups is 1. The van der Waals surface area contributed by atoms with Crippen molar-refractivity contribution in [2.24, 2.45) is 11.7 Å². The van der Waals surface area contributed by atoms with Gasteiger partial charge in [-0.15, -0.1) is 0 Å². The zero-order valence-corrected chi connectivity index (χ0v) is 9.46. The molecule has 2 unspecified atom stereocenters. The van der Waals surface area contributed by atoms with Gasteiger partial charge in [-0.3, -0.25) is 0 Å². The first-order valence-electron chi connectivity index (χ1n) is 5.60. The van der Waals surface area contributed by atoms with Gasteiger partial charge in [0.25, 0.3) is 0 Å². The molecule has 1 aromatic rings. The van der Waals surface area contributed by atoms with Crippen molar-refractivity contribution in [2.45, 2.75) is 32.3 Å². The number of nitrogens with two attached hydrogens (primary N) is 1. The monoisotopic (exact) mass is 205 g/mol. The van der Waals surface area contributed by atoms with Crippen LogP contribution < -0.4 is 5.73 Å². The fourth-order valence-corrected chi connectivity index (χ4v) is 2.68. The molecule has 2 rings (SSSR count). The summed E-state index contributed by atoms with van der Waals surface area (Å²) in [6.45, 7) is 4.73. The molecule has 2 atom stereocenters. The van der Waals surface area contributed by atoms with Crippen molar-refractivity contribution in [3.63, 3.8) is 0 Å². The number of fused-ring (bicyclic) bond motifs is 1. The Morgan fingerprint density at radius 3 is 2.93 bits per heavy atom. The maximum atomic E-state index is 10.6. The zero-order valence-electron chi connectivity index (χ0n) is 9.46. The molecule has 0 heterocycles. The van der Waals surface area contributed by atoms with Gasteiger partial charge in [-0.05, 0) is 43.4 Å². The van der Waals surface area contributed by atoms with E-state index in [1.165, 1.54) is 11.1 Å². The molecule has 0 saturated carbocycles. The fourth-order valence-electron chi connectivity index (χ4n) is 2.68. The minimum absolute atomic E-state index is 0.276. The van der Waals surface area contributed by atoms with E-state index in [1.807, 2.05) is 0 Å². The maximum absolute atomic E-state index is 10.6. The van der Waals surface area contributed by atoms with Gasteiger partial charge >= 0.3 is 0 Å². The summed E-state index contributed by atoms with van der Waals surface area (Å²) >= 11 is 0. The van der Waals surface area contributed by atoms with E-state index in [-0.39, 0.29) is 5.92 Å². The Bertz CT molecular complexity index is 375. The summed E-state index contributed by atoms with van der Waals surface area (Å²) in [6.07, 6.45) is 1.62. The summed E-state index contributed by atoms with van der Waals surface area (Å²) in [5.41, 5.74) is 8.53. The highest BCUT2D eigenvalue weighted by Gasteiger charge is 2.41. The molecule has 0 spiro atoms. The Labute approximate surface area is 91.1 Å². The Hall–Kier alpha value is -0.860. The largest absolute Gasteiger partial charge is 0.385 e. The predicted octanol–water partition coefficient (Wildman–Crippen LogP) is 1.72. The van der Waals surface area contributed by atoms with Crippen molar-refractivity contribution < 1.29 is 5.11 Å². The summed E-state index contributed by atoms with van der Waals surface area (Å²) in [4.78, 5) is 0. The Kier molecular flexibility index (Phi) is 2.57. The van der Waals surface area contributed by atoms with E-state index in [2.05, 4.69) is 32.0 Å². The van der Waals surface area contributed by atoms with E-state index in [0.717, 1.165) is 12.0 Å². The van der Waals surface area contributed by atoms with Crippen molar-refractivity contribution in [2.75, 3.05) is 6.54 Å². The van der Waals surface area contributed by atoms with Crippen LogP contribution in [0, 0.1) is 12.8 Å². The van der Waals surface area contributed by atoms with Gasteiger partial charge in [-0.2, -0.15) is 0 Å². The zero-order chi connectivity index (χ0) is 11.1. The number of aryl methyl sites for hydroxylation is 1. The molecule has 0 radical (unpaired) electrons. The van der Waals surface area contributed by atoms with Crippen LogP contribution in [0.2, 0.25) is 0 Å². The van der Waals surface area contributed by atoms with Crippen molar-refractivity contribution in [1.82, 2.24) is 0 Å². The second kappa shape index (κ2) is 3.62. The molecule has 0 fully saturated rings. The Morgan fingerprint density at radius 2 is 2.27 bits per heavy atom. The molecule has 0 saturated heterocycles. The van der Waals surface area contributed by atoms with Gasteiger partial charge in [0.2, 0.25) is 0 Å². The van der Waals surface area contributed by atoms with Gasteiger partial charge < -0.3 is 10.8 Å². The van der Waals surface area contributed by atoms with Crippen LogP contribution in [-0.2, 0) is 12.0 Å². The van der Waals surface area contributed by atoms with Crippen LogP contribution in [0.5, 0.6) is 0 Å². The first-order valence-corrected chi connectivity index (χ1v) is 5.60. The number of hydrogen-bond donors (Lipinski definition) is 2. The molecule has 15 heavy (non-hydrogen) atoms. The molecular formula is C13H19NO. The van der Waals surface area contributed by atoms with Crippen LogP contribution in [0.15, 0.2) is 18.2 Å². The van der Waals surface area contributed by atoms with E-state index < -0.39 is 5.60 Å². The van der Waals surface area contributed by atoms with Crippen LogP contribution in [-0.4, -0.2) is 11.7 Å². The minimum atomic E-state index is -0.697. The summed E-state index contributed by atoms with van der Waals surface area (Å²) < 4.78 is 0. The second-order valence-electron chi connectivity index (χ2n) is 4.73. The number of hydrogen-bond acceptors (Lipinski definition) is 2.